The molecule has 10 nitrogen and oxygen atoms in total. The summed E-state index contributed by atoms with van der Waals surface area (Å²) in [5.41, 5.74) is -1.73. The number of hydrogen-bond donors (Lipinski definition) is 2. The Kier molecular flexibility index (Phi) is 8.29. The van der Waals surface area contributed by atoms with Gasteiger partial charge >= 0.3 is 33.1 Å². The molecule has 2 N–H and O–H groups in total. The molecule has 4 aromatic carbocycles. The van der Waals surface area contributed by atoms with Crippen LogP contribution in [0.4, 0.5) is 0 Å². The second-order valence-electron chi connectivity index (χ2n) is 18.4. The third-order valence-corrected chi connectivity index (χ3v) is 17.1. The summed E-state index contributed by atoms with van der Waals surface area (Å²) in [5, 5.41) is 21.1. The molecule has 0 radical (unpaired) electrons. The first-order chi connectivity index (χ1) is 27.9. The quantitative estimate of drug-likeness (QED) is 0.138. The molecule has 0 bridgehead atoms. The topological polar surface area (TPSA) is 130 Å². The van der Waals surface area contributed by atoms with Crippen LogP contribution in [0.25, 0.3) is 0 Å². The Bertz CT molecular complexity index is 2240. The maximum Gasteiger partial charge on any atom is 0.357 e. The molecule has 7 aliphatic rings. The molecule has 4 aromatic rings. The summed E-state index contributed by atoms with van der Waals surface area (Å²) >= 11 is -0.411. The zero-order chi connectivity index (χ0) is 39.5. The highest BCUT2D eigenvalue weighted by atomic mass is 127. The SMILES string of the molecule is CC1(O)CC2CC3(OC(=O)COc4ccc(Oc5ccc([I+]c6ccc(Oc7ccc(OCC(=O)OC89CC%10CC%11(O)CC%11(C8)C%109)cc7)cc6)cc5)cc4)CC(C1)C23. The molecule has 300 valence electrons. The maximum atomic E-state index is 12.6. The monoisotopic (exact) mass is 897 g/mol. The van der Waals surface area contributed by atoms with Gasteiger partial charge in [0.2, 0.25) is 0 Å². The van der Waals surface area contributed by atoms with Crippen LogP contribution in [-0.2, 0) is 19.1 Å². The number of carbonyl (C=O) groups excluding carboxylic acids is 2. The lowest BCUT2D eigenvalue weighted by Gasteiger charge is -2.70. The van der Waals surface area contributed by atoms with E-state index in [0.717, 1.165) is 62.9 Å². The predicted octanol–water partition coefficient (Wildman–Crippen LogP) is 4.49. The molecule has 0 aliphatic heterocycles. The van der Waals surface area contributed by atoms with Crippen LogP contribution in [0.15, 0.2) is 97.1 Å². The van der Waals surface area contributed by atoms with Gasteiger partial charge in [-0.05, 0) is 173 Å². The van der Waals surface area contributed by atoms with Gasteiger partial charge in [-0.3, -0.25) is 0 Å². The summed E-state index contributed by atoms with van der Waals surface area (Å²) in [6.45, 7) is 1.65. The van der Waals surface area contributed by atoms with Crippen molar-refractivity contribution in [3.63, 3.8) is 0 Å². The molecule has 7 aliphatic carbocycles. The Hall–Kier alpha value is -4.33. The van der Waals surface area contributed by atoms with Gasteiger partial charge in [-0.1, -0.05) is 0 Å². The summed E-state index contributed by atoms with van der Waals surface area (Å²) in [5.74, 6) is 5.41. The molecule has 7 unspecified atom stereocenters. The number of aliphatic hydroxyl groups is 2. The van der Waals surface area contributed by atoms with E-state index in [2.05, 4.69) is 24.3 Å². The molecule has 7 atom stereocenters. The van der Waals surface area contributed by atoms with Crippen LogP contribution in [0.2, 0.25) is 0 Å². The Labute approximate surface area is 347 Å². The average Bonchev–Trinajstić information content (AvgIpc) is 3.74. The number of rotatable bonds is 14. The maximum absolute atomic E-state index is 12.6. The van der Waals surface area contributed by atoms with Crippen molar-refractivity contribution in [3.05, 3.63) is 104 Å². The van der Waals surface area contributed by atoms with Crippen molar-refractivity contribution >= 4 is 11.9 Å². The summed E-state index contributed by atoms with van der Waals surface area (Å²) in [6.07, 6.45) is 6.71. The van der Waals surface area contributed by atoms with Gasteiger partial charge in [0, 0.05) is 17.3 Å². The van der Waals surface area contributed by atoms with Gasteiger partial charge in [-0.25, -0.2) is 9.59 Å². The van der Waals surface area contributed by atoms with Crippen molar-refractivity contribution < 1.29 is 69.4 Å². The Morgan fingerprint density at radius 3 is 1.48 bits per heavy atom. The number of esters is 2. The Morgan fingerprint density at radius 2 is 1.00 bits per heavy atom. The van der Waals surface area contributed by atoms with Gasteiger partial charge < -0.3 is 38.6 Å². The molecule has 7 fully saturated rings. The molecule has 7 saturated carbocycles. The van der Waals surface area contributed by atoms with Crippen LogP contribution in [0.1, 0.15) is 58.3 Å². The first kappa shape index (κ1) is 36.7. The van der Waals surface area contributed by atoms with E-state index in [9.17, 15) is 19.8 Å². The highest BCUT2D eigenvalue weighted by Gasteiger charge is 2.92. The van der Waals surface area contributed by atoms with E-state index < -0.39 is 32.4 Å². The van der Waals surface area contributed by atoms with E-state index in [1.54, 1.807) is 24.3 Å². The Balaban J connectivity index is 0.600. The number of halogens is 1. The van der Waals surface area contributed by atoms with Gasteiger partial charge in [0.05, 0.1) is 11.2 Å². The van der Waals surface area contributed by atoms with Crippen molar-refractivity contribution in [1.82, 2.24) is 0 Å². The first-order valence-electron chi connectivity index (χ1n) is 20.4. The van der Waals surface area contributed by atoms with Crippen LogP contribution in [-0.4, -0.2) is 57.8 Å². The fourth-order valence-electron chi connectivity index (χ4n) is 12.5. The van der Waals surface area contributed by atoms with E-state index in [-0.39, 0.29) is 41.8 Å². The average molecular weight is 898 g/mol. The highest BCUT2D eigenvalue weighted by molar-refractivity contribution is 5.73. The van der Waals surface area contributed by atoms with E-state index in [1.165, 1.54) is 7.14 Å². The normalized spacial score (nSPS) is 36.2. The lowest BCUT2D eigenvalue weighted by atomic mass is 9.39. The van der Waals surface area contributed by atoms with Crippen LogP contribution < -0.4 is 40.2 Å². The number of carbonyl (C=O) groups is 2. The number of hydrogen-bond acceptors (Lipinski definition) is 10. The molecule has 0 aromatic heterocycles. The second-order valence-corrected chi connectivity index (χ2v) is 21.4. The fourth-order valence-corrected chi connectivity index (χ4v) is 14.6. The van der Waals surface area contributed by atoms with Crippen LogP contribution in [0, 0.1) is 42.1 Å². The highest BCUT2D eigenvalue weighted by Crippen LogP contribution is 2.89. The number of ether oxygens (including phenoxy) is 6. The predicted molar refractivity (Wildman–Crippen MR) is 204 cm³/mol. The van der Waals surface area contributed by atoms with E-state index in [4.69, 9.17) is 28.4 Å². The standard InChI is InChI=1S/C47H46IO10/c1-43(51)18-28-20-45(21-29(19-43)41(28)45)57-39(49)24-53-33-10-14-37(15-11-33)55-35-6-2-31(3-7-35)48-32-4-8-36(9-5-32)56-38-16-12-34(13-17-38)54-25-40(50)58-46-22-30-23-47(52)27-44(47,26-46)42(30)46/h2-17,28-30,41-42,51-52H,18-27H2,1H3/q+1. The van der Waals surface area contributed by atoms with Crippen molar-refractivity contribution in [1.29, 1.82) is 0 Å². The lowest BCUT2D eigenvalue weighted by Crippen LogP contribution is -3.61. The van der Waals surface area contributed by atoms with Crippen molar-refractivity contribution in [2.75, 3.05) is 13.2 Å². The summed E-state index contributed by atoms with van der Waals surface area (Å²) in [7, 11) is 0. The summed E-state index contributed by atoms with van der Waals surface area (Å²) < 4.78 is 37.9. The van der Waals surface area contributed by atoms with Crippen LogP contribution >= 0.6 is 0 Å². The molecular formula is C47H46IO10+. The number of benzene rings is 4. The minimum absolute atomic E-state index is 0.0376. The van der Waals surface area contributed by atoms with Crippen LogP contribution in [0.3, 0.4) is 0 Å². The van der Waals surface area contributed by atoms with Crippen molar-refractivity contribution in [3.8, 4) is 34.5 Å². The van der Waals surface area contributed by atoms with Gasteiger partial charge in [0.15, 0.2) is 20.4 Å². The molecule has 1 spiro atoms. The second kappa shape index (κ2) is 13.1. The van der Waals surface area contributed by atoms with E-state index >= 15 is 0 Å². The third-order valence-electron chi connectivity index (χ3n) is 14.4. The zero-order valence-electron chi connectivity index (χ0n) is 32.2. The Morgan fingerprint density at radius 1 is 0.569 bits per heavy atom. The van der Waals surface area contributed by atoms with Gasteiger partial charge in [0.1, 0.15) is 45.7 Å². The third kappa shape index (κ3) is 6.17. The molecule has 58 heavy (non-hydrogen) atoms. The molecule has 0 saturated heterocycles. The van der Waals surface area contributed by atoms with Gasteiger partial charge in [-0.15, -0.1) is 0 Å². The molecular weight excluding hydrogens is 851 g/mol. The molecule has 11 heteroatoms. The largest absolute Gasteiger partial charge is 0.482 e. The summed E-state index contributed by atoms with van der Waals surface area (Å²) in [4.78, 5) is 25.3. The lowest BCUT2D eigenvalue weighted by molar-refractivity contribution is -0.597. The van der Waals surface area contributed by atoms with Crippen molar-refractivity contribution in [2.24, 2.45) is 35.0 Å². The van der Waals surface area contributed by atoms with Crippen molar-refractivity contribution in [2.45, 2.75) is 80.7 Å². The minimum atomic E-state index is -0.585. The molecule has 0 heterocycles. The smallest absolute Gasteiger partial charge is 0.357 e. The van der Waals surface area contributed by atoms with E-state index in [0.29, 0.717) is 52.6 Å². The first-order valence-corrected chi connectivity index (χ1v) is 22.6. The summed E-state index contributed by atoms with van der Waals surface area (Å²) in [6, 6.07) is 30.7. The zero-order valence-corrected chi connectivity index (χ0v) is 34.4. The fraction of sp³-hybridized carbons (Fsp3) is 0.447. The van der Waals surface area contributed by atoms with Gasteiger partial charge in [-0.2, -0.15) is 0 Å². The molecule has 11 rings (SSSR count). The van der Waals surface area contributed by atoms with Gasteiger partial charge in [0.25, 0.3) is 0 Å². The van der Waals surface area contributed by atoms with E-state index in [1.807, 2.05) is 55.5 Å². The van der Waals surface area contributed by atoms with Crippen LogP contribution in [0.5, 0.6) is 34.5 Å². The molecule has 0 amide bonds. The minimum Gasteiger partial charge on any atom is -0.482 e.